The standard InChI is InChI=1S/C11H20O8S2/c1-10(12)18-4-8-20(14,15)6-3-7-21(16,17)9-5-19-11(2)13/h3-9H2,1-2H3. The molecule has 0 radical (unpaired) electrons. The molecule has 0 unspecified atom stereocenters. The summed E-state index contributed by atoms with van der Waals surface area (Å²) in [6.07, 6.45) is -0.0508. The number of hydrogen-bond donors (Lipinski definition) is 0. The van der Waals surface area contributed by atoms with Crippen molar-refractivity contribution in [3.8, 4) is 0 Å². The highest BCUT2D eigenvalue weighted by molar-refractivity contribution is 7.92. The van der Waals surface area contributed by atoms with E-state index in [9.17, 15) is 26.4 Å². The molecule has 0 rings (SSSR count). The van der Waals surface area contributed by atoms with Crippen LogP contribution in [0.1, 0.15) is 20.3 Å². The molecule has 0 fully saturated rings. The summed E-state index contributed by atoms with van der Waals surface area (Å²) in [5, 5.41) is 0. The number of sulfone groups is 2. The van der Waals surface area contributed by atoms with Crippen LogP contribution in [0.4, 0.5) is 0 Å². The number of carbonyl (C=O) groups excluding carboxylic acids is 2. The summed E-state index contributed by atoms with van der Waals surface area (Å²) in [6.45, 7) is 1.86. The molecular weight excluding hydrogens is 324 g/mol. The fourth-order valence-electron chi connectivity index (χ4n) is 1.33. The molecule has 0 spiro atoms. The van der Waals surface area contributed by atoms with Gasteiger partial charge in [0.25, 0.3) is 0 Å². The average Bonchev–Trinajstić information content (AvgIpc) is 2.26. The SMILES string of the molecule is CC(=O)OCCS(=O)(=O)CCCS(=O)(=O)CCOC(C)=O. The lowest BCUT2D eigenvalue weighted by Gasteiger charge is -2.06. The first kappa shape index (κ1) is 19.8. The minimum Gasteiger partial charge on any atom is -0.465 e. The fraction of sp³-hybridized carbons (Fsp3) is 0.818. The van der Waals surface area contributed by atoms with Gasteiger partial charge in [0.15, 0.2) is 19.7 Å². The Labute approximate surface area is 124 Å². The van der Waals surface area contributed by atoms with Crippen LogP contribution >= 0.6 is 0 Å². The highest BCUT2D eigenvalue weighted by Gasteiger charge is 2.16. The Morgan fingerprint density at radius 1 is 0.714 bits per heavy atom. The molecule has 10 heteroatoms. The predicted octanol–water partition coefficient (Wildman–Crippen LogP) is -0.668. The molecule has 0 amide bonds. The van der Waals surface area contributed by atoms with Crippen molar-refractivity contribution in [2.45, 2.75) is 20.3 Å². The van der Waals surface area contributed by atoms with Crippen LogP contribution in [0.3, 0.4) is 0 Å². The molecule has 0 aliphatic carbocycles. The van der Waals surface area contributed by atoms with Crippen LogP contribution in [-0.4, -0.2) is 65.0 Å². The van der Waals surface area contributed by atoms with Crippen molar-refractivity contribution in [1.29, 1.82) is 0 Å². The van der Waals surface area contributed by atoms with Crippen molar-refractivity contribution < 1.29 is 35.9 Å². The van der Waals surface area contributed by atoms with Gasteiger partial charge in [-0.15, -0.1) is 0 Å². The van der Waals surface area contributed by atoms with Crippen LogP contribution in [0.25, 0.3) is 0 Å². The summed E-state index contributed by atoms with van der Waals surface area (Å²) in [7, 11) is -6.92. The van der Waals surface area contributed by atoms with Crippen LogP contribution < -0.4 is 0 Å². The van der Waals surface area contributed by atoms with Crippen LogP contribution in [0.15, 0.2) is 0 Å². The topological polar surface area (TPSA) is 121 Å². The van der Waals surface area contributed by atoms with E-state index in [-0.39, 0.29) is 42.6 Å². The largest absolute Gasteiger partial charge is 0.465 e. The highest BCUT2D eigenvalue weighted by Crippen LogP contribution is 2.00. The van der Waals surface area contributed by atoms with Gasteiger partial charge < -0.3 is 9.47 Å². The van der Waals surface area contributed by atoms with Crippen molar-refractivity contribution in [1.82, 2.24) is 0 Å². The molecule has 21 heavy (non-hydrogen) atoms. The molecule has 0 saturated carbocycles. The summed E-state index contributed by atoms with van der Waals surface area (Å²) in [4.78, 5) is 21.0. The lowest BCUT2D eigenvalue weighted by molar-refractivity contribution is -0.141. The van der Waals surface area contributed by atoms with E-state index in [2.05, 4.69) is 9.47 Å². The van der Waals surface area contributed by atoms with E-state index in [1.165, 1.54) is 13.8 Å². The van der Waals surface area contributed by atoms with E-state index < -0.39 is 31.6 Å². The molecule has 0 aromatic rings. The van der Waals surface area contributed by atoms with Crippen LogP contribution in [0.5, 0.6) is 0 Å². The van der Waals surface area contributed by atoms with Crippen LogP contribution in [0.2, 0.25) is 0 Å². The van der Waals surface area contributed by atoms with Gasteiger partial charge in [0, 0.05) is 13.8 Å². The number of hydrogen-bond acceptors (Lipinski definition) is 8. The molecule has 0 heterocycles. The van der Waals surface area contributed by atoms with Crippen molar-refractivity contribution in [2.24, 2.45) is 0 Å². The zero-order valence-electron chi connectivity index (χ0n) is 12.0. The Hall–Kier alpha value is -1.16. The lowest BCUT2D eigenvalue weighted by Crippen LogP contribution is -2.21. The van der Waals surface area contributed by atoms with Crippen LogP contribution in [-0.2, 0) is 38.7 Å². The van der Waals surface area contributed by atoms with Gasteiger partial charge in [-0.3, -0.25) is 9.59 Å². The van der Waals surface area contributed by atoms with Crippen molar-refractivity contribution in [3.63, 3.8) is 0 Å². The summed E-state index contributed by atoms with van der Waals surface area (Å²) >= 11 is 0. The summed E-state index contributed by atoms with van der Waals surface area (Å²) in [6, 6.07) is 0. The van der Waals surface area contributed by atoms with Gasteiger partial charge in [-0.05, 0) is 6.42 Å². The van der Waals surface area contributed by atoms with Crippen LogP contribution in [0, 0.1) is 0 Å². The van der Waals surface area contributed by atoms with Gasteiger partial charge in [0.1, 0.15) is 13.2 Å². The van der Waals surface area contributed by atoms with Gasteiger partial charge in [-0.1, -0.05) is 0 Å². The first-order valence-electron chi connectivity index (χ1n) is 6.22. The molecule has 0 N–H and O–H groups in total. The molecule has 0 aromatic carbocycles. The second-order valence-electron chi connectivity index (χ2n) is 4.34. The van der Waals surface area contributed by atoms with Gasteiger partial charge >= 0.3 is 11.9 Å². The molecule has 8 nitrogen and oxygen atoms in total. The molecule has 0 aromatic heterocycles. The van der Waals surface area contributed by atoms with Crippen molar-refractivity contribution in [3.05, 3.63) is 0 Å². The Morgan fingerprint density at radius 3 is 1.33 bits per heavy atom. The van der Waals surface area contributed by atoms with E-state index in [4.69, 9.17) is 0 Å². The number of ether oxygens (including phenoxy) is 2. The molecule has 0 atom stereocenters. The second-order valence-corrected chi connectivity index (χ2v) is 8.94. The third-order valence-corrected chi connectivity index (χ3v) is 5.71. The first-order valence-corrected chi connectivity index (χ1v) is 9.86. The van der Waals surface area contributed by atoms with E-state index >= 15 is 0 Å². The predicted molar refractivity (Wildman–Crippen MR) is 75.2 cm³/mol. The summed E-state index contributed by atoms with van der Waals surface area (Å²) < 4.78 is 55.2. The number of carbonyl (C=O) groups is 2. The Morgan fingerprint density at radius 2 is 1.05 bits per heavy atom. The third-order valence-electron chi connectivity index (χ3n) is 2.31. The fourth-order valence-corrected chi connectivity index (χ4v) is 3.76. The number of rotatable bonds is 10. The molecular formula is C11H20O8S2. The molecule has 124 valence electrons. The Balaban J connectivity index is 4.05. The zero-order valence-corrected chi connectivity index (χ0v) is 13.7. The maximum Gasteiger partial charge on any atom is 0.302 e. The Kier molecular flexibility index (Phi) is 8.48. The number of esters is 2. The van der Waals surface area contributed by atoms with Gasteiger partial charge in [0.2, 0.25) is 0 Å². The van der Waals surface area contributed by atoms with E-state index in [0.717, 1.165) is 0 Å². The lowest BCUT2D eigenvalue weighted by atomic mass is 10.6. The first-order chi connectivity index (χ1) is 9.54. The molecule has 0 aliphatic heterocycles. The average molecular weight is 344 g/mol. The summed E-state index contributed by atoms with van der Waals surface area (Å²) in [5.74, 6) is -2.42. The molecule has 0 bridgehead atoms. The van der Waals surface area contributed by atoms with Gasteiger partial charge in [-0.2, -0.15) is 0 Å². The van der Waals surface area contributed by atoms with Crippen molar-refractivity contribution in [2.75, 3.05) is 36.2 Å². The van der Waals surface area contributed by atoms with E-state index in [1.807, 2.05) is 0 Å². The third kappa shape index (κ3) is 12.3. The van der Waals surface area contributed by atoms with E-state index in [1.54, 1.807) is 0 Å². The Bertz CT molecular complexity index is 497. The smallest absolute Gasteiger partial charge is 0.302 e. The maximum absolute atomic E-state index is 11.5. The molecule has 0 saturated heterocycles. The van der Waals surface area contributed by atoms with E-state index in [0.29, 0.717) is 0 Å². The normalized spacial score (nSPS) is 11.9. The van der Waals surface area contributed by atoms with Gasteiger partial charge in [0.05, 0.1) is 23.0 Å². The molecule has 0 aliphatic rings. The monoisotopic (exact) mass is 344 g/mol. The highest BCUT2D eigenvalue weighted by atomic mass is 32.2. The van der Waals surface area contributed by atoms with Gasteiger partial charge in [-0.25, -0.2) is 16.8 Å². The zero-order chi connectivity index (χ0) is 16.5. The maximum atomic E-state index is 11.5. The quantitative estimate of drug-likeness (QED) is 0.479. The second kappa shape index (κ2) is 8.98. The van der Waals surface area contributed by atoms with Crippen molar-refractivity contribution >= 4 is 31.6 Å². The summed E-state index contributed by atoms with van der Waals surface area (Å²) in [5.41, 5.74) is 0. The minimum absolute atomic E-state index is 0.0508. The minimum atomic E-state index is -3.46.